The molecule has 2 aliphatic rings. The molecule has 6 heteroatoms. The molecule has 1 aromatic carbocycles. The predicted molar refractivity (Wildman–Crippen MR) is 81.2 cm³/mol. The minimum Gasteiger partial charge on any atom is -0.317 e. The first-order valence-electron chi connectivity index (χ1n) is 7.74. The Bertz CT molecular complexity index is 531. The van der Waals surface area contributed by atoms with Gasteiger partial charge in [-0.15, -0.1) is 0 Å². The zero-order valence-corrected chi connectivity index (χ0v) is 12.4. The summed E-state index contributed by atoms with van der Waals surface area (Å²) in [5, 5.41) is 8.48. The van der Waals surface area contributed by atoms with Gasteiger partial charge in [0.15, 0.2) is 0 Å². The zero-order valence-electron chi connectivity index (χ0n) is 12.4. The van der Waals surface area contributed by atoms with Gasteiger partial charge in [0.25, 0.3) is 0 Å². The number of piperidine rings is 1. The molecule has 0 bridgehead atoms. The van der Waals surface area contributed by atoms with Crippen LogP contribution in [0.3, 0.4) is 0 Å². The van der Waals surface area contributed by atoms with Crippen LogP contribution in [0.5, 0.6) is 0 Å². The standard InChI is InChI=1S/C16H20F3N3/c17-16(18,19)15-7-10-22(21-15)14-3-1-12(2-4-14)11-13-5-8-20-9-6-13/h1-4,13,20H,5-11H2. The summed E-state index contributed by atoms with van der Waals surface area (Å²) in [6.45, 7) is 2.44. The van der Waals surface area contributed by atoms with E-state index in [9.17, 15) is 13.2 Å². The van der Waals surface area contributed by atoms with Crippen LogP contribution in [0.4, 0.5) is 18.9 Å². The molecule has 0 unspecified atom stereocenters. The van der Waals surface area contributed by atoms with Gasteiger partial charge in [-0.05, 0) is 56.0 Å². The fraction of sp³-hybridized carbons (Fsp3) is 0.562. The Labute approximate surface area is 128 Å². The van der Waals surface area contributed by atoms with Crippen molar-refractivity contribution >= 4 is 11.4 Å². The second kappa shape index (κ2) is 6.28. The maximum atomic E-state index is 12.6. The second-order valence-corrected chi connectivity index (χ2v) is 5.98. The minimum atomic E-state index is -4.32. The third-order valence-electron chi connectivity index (χ3n) is 4.35. The van der Waals surface area contributed by atoms with Crippen molar-refractivity contribution in [1.29, 1.82) is 0 Å². The van der Waals surface area contributed by atoms with Crippen molar-refractivity contribution in [2.45, 2.75) is 31.9 Å². The van der Waals surface area contributed by atoms with Crippen LogP contribution in [0.1, 0.15) is 24.8 Å². The molecule has 0 saturated carbocycles. The largest absolute Gasteiger partial charge is 0.431 e. The first-order valence-corrected chi connectivity index (χ1v) is 7.74. The van der Waals surface area contributed by atoms with Gasteiger partial charge in [-0.2, -0.15) is 18.3 Å². The zero-order chi connectivity index (χ0) is 15.6. The number of halogens is 3. The van der Waals surface area contributed by atoms with Crippen molar-refractivity contribution in [3.05, 3.63) is 29.8 Å². The molecule has 0 atom stereocenters. The van der Waals surface area contributed by atoms with Crippen molar-refractivity contribution in [3.63, 3.8) is 0 Å². The number of hydrogen-bond acceptors (Lipinski definition) is 3. The van der Waals surface area contributed by atoms with Crippen LogP contribution in [-0.4, -0.2) is 31.5 Å². The molecular weight excluding hydrogens is 291 g/mol. The van der Waals surface area contributed by atoms with E-state index in [0.29, 0.717) is 12.5 Å². The number of hydrazone groups is 1. The van der Waals surface area contributed by atoms with E-state index in [0.717, 1.165) is 25.2 Å². The van der Waals surface area contributed by atoms with Gasteiger partial charge in [0.1, 0.15) is 5.71 Å². The monoisotopic (exact) mass is 311 g/mol. The Morgan fingerprint density at radius 3 is 2.41 bits per heavy atom. The van der Waals surface area contributed by atoms with Gasteiger partial charge in [-0.1, -0.05) is 12.1 Å². The SMILES string of the molecule is FC(F)(F)C1=NN(c2ccc(CC3CCNCC3)cc2)CC1. The minimum absolute atomic E-state index is 0.0413. The Kier molecular flexibility index (Phi) is 4.38. The summed E-state index contributed by atoms with van der Waals surface area (Å²) in [4.78, 5) is 0. The average molecular weight is 311 g/mol. The van der Waals surface area contributed by atoms with E-state index in [1.165, 1.54) is 23.4 Å². The third kappa shape index (κ3) is 3.61. The highest BCUT2D eigenvalue weighted by atomic mass is 19.4. The first kappa shape index (κ1) is 15.3. The number of anilines is 1. The fourth-order valence-electron chi connectivity index (χ4n) is 3.07. The summed E-state index contributed by atoms with van der Waals surface area (Å²) in [5.41, 5.74) is 1.29. The van der Waals surface area contributed by atoms with Crippen LogP contribution in [0.25, 0.3) is 0 Å². The topological polar surface area (TPSA) is 27.6 Å². The number of rotatable bonds is 3. The van der Waals surface area contributed by atoms with Gasteiger partial charge in [0.2, 0.25) is 0 Å². The van der Waals surface area contributed by atoms with Crippen molar-refractivity contribution < 1.29 is 13.2 Å². The molecule has 0 spiro atoms. The van der Waals surface area contributed by atoms with Crippen LogP contribution >= 0.6 is 0 Å². The first-order chi connectivity index (χ1) is 10.5. The van der Waals surface area contributed by atoms with Crippen molar-refractivity contribution in [1.82, 2.24) is 5.32 Å². The molecule has 120 valence electrons. The van der Waals surface area contributed by atoms with Crippen LogP contribution in [0, 0.1) is 5.92 Å². The Balaban J connectivity index is 1.63. The van der Waals surface area contributed by atoms with Crippen LogP contribution in [0.2, 0.25) is 0 Å². The fourth-order valence-corrected chi connectivity index (χ4v) is 3.07. The van der Waals surface area contributed by atoms with E-state index in [1.54, 1.807) is 0 Å². The maximum Gasteiger partial charge on any atom is 0.431 e. The molecule has 1 fully saturated rings. The number of nitrogens with one attached hydrogen (secondary N) is 1. The van der Waals surface area contributed by atoms with Gasteiger partial charge in [0.05, 0.1) is 5.69 Å². The lowest BCUT2D eigenvalue weighted by Gasteiger charge is -2.22. The van der Waals surface area contributed by atoms with Crippen molar-refractivity contribution in [2.24, 2.45) is 11.0 Å². The number of benzene rings is 1. The Morgan fingerprint density at radius 1 is 1.14 bits per heavy atom. The van der Waals surface area contributed by atoms with Crippen LogP contribution in [-0.2, 0) is 6.42 Å². The van der Waals surface area contributed by atoms with E-state index in [1.807, 2.05) is 24.3 Å². The van der Waals surface area contributed by atoms with Gasteiger partial charge < -0.3 is 5.32 Å². The molecule has 3 rings (SSSR count). The van der Waals surface area contributed by atoms with E-state index in [2.05, 4.69) is 10.4 Å². The second-order valence-electron chi connectivity index (χ2n) is 5.98. The molecule has 2 aliphatic heterocycles. The van der Waals surface area contributed by atoms with E-state index < -0.39 is 11.9 Å². The van der Waals surface area contributed by atoms with Crippen molar-refractivity contribution in [2.75, 3.05) is 24.6 Å². The molecule has 0 aromatic heterocycles. The van der Waals surface area contributed by atoms with E-state index >= 15 is 0 Å². The van der Waals surface area contributed by atoms with Crippen molar-refractivity contribution in [3.8, 4) is 0 Å². The van der Waals surface area contributed by atoms with Gasteiger partial charge in [-0.3, -0.25) is 5.01 Å². The lowest BCUT2D eigenvalue weighted by atomic mass is 9.91. The molecule has 1 N–H and O–H groups in total. The van der Waals surface area contributed by atoms with E-state index in [-0.39, 0.29) is 6.42 Å². The number of hydrogen-bond donors (Lipinski definition) is 1. The summed E-state index contributed by atoms with van der Waals surface area (Å²) in [6, 6.07) is 7.77. The number of alkyl halides is 3. The lowest BCUT2D eigenvalue weighted by molar-refractivity contribution is -0.0598. The smallest absolute Gasteiger partial charge is 0.317 e. The molecule has 1 saturated heterocycles. The molecule has 2 heterocycles. The molecular formula is C16H20F3N3. The molecule has 0 aliphatic carbocycles. The van der Waals surface area contributed by atoms with E-state index in [4.69, 9.17) is 0 Å². The Hall–Kier alpha value is -1.56. The highest BCUT2D eigenvalue weighted by Crippen LogP contribution is 2.28. The third-order valence-corrected chi connectivity index (χ3v) is 4.35. The highest BCUT2D eigenvalue weighted by molar-refractivity contribution is 5.92. The van der Waals surface area contributed by atoms with Gasteiger partial charge >= 0.3 is 6.18 Å². The highest BCUT2D eigenvalue weighted by Gasteiger charge is 2.39. The lowest BCUT2D eigenvalue weighted by Crippen LogP contribution is -2.28. The molecule has 1 aromatic rings. The average Bonchev–Trinajstić information content (AvgIpc) is 2.99. The van der Waals surface area contributed by atoms with Crippen LogP contribution < -0.4 is 10.3 Å². The summed E-state index contributed by atoms with van der Waals surface area (Å²) in [5.74, 6) is 0.703. The normalized spacial score (nSPS) is 20.3. The summed E-state index contributed by atoms with van der Waals surface area (Å²) in [6.07, 6.45) is -0.941. The summed E-state index contributed by atoms with van der Waals surface area (Å²) in [7, 11) is 0. The summed E-state index contributed by atoms with van der Waals surface area (Å²) < 4.78 is 37.8. The molecule has 0 radical (unpaired) electrons. The molecule has 22 heavy (non-hydrogen) atoms. The summed E-state index contributed by atoms with van der Waals surface area (Å²) >= 11 is 0. The molecule has 3 nitrogen and oxygen atoms in total. The van der Waals surface area contributed by atoms with Gasteiger partial charge in [0, 0.05) is 13.0 Å². The Morgan fingerprint density at radius 2 is 1.82 bits per heavy atom. The molecule has 0 amide bonds. The predicted octanol–water partition coefficient (Wildman–Crippen LogP) is 3.36. The van der Waals surface area contributed by atoms with Crippen LogP contribution in [0.15, 0.2) is 29.4 Å². The number of nitrogens with zero attached hydrogens (tertiary/aromatic N) is 2. The van der Waals surface area contributed by atoms with Gasteiger partial charge in [-0.25, -0.2) is 0 Å². The quantitative estimate of drug-likeness (QED) is 0.927. The maximum absolute atomic E-state index is 12.6.